The van der Waals surface area contributed by atoms with E-state index in [9.17, 15) is 14.0 Å². The minimum absolute atomic E-state index is 0.0327. The molecule has 2 aliphatic rings. The highest BCUT2D eigenvalue weighted by Gasteiger charge is 2.36. The molecule has 3 atom stereocenters. The van der Waals surface area contributed by atoms with Gasteiger partial charge < -0.3 is 15.0 Å². The zero-order valence-electron chi connectivity index (χ0n) is 20.0. The van der Waals surface area contributed by atoms with Gasteiger partial charge in [-0.3, -0.25) is 9.59 Å². The van der Waals surface area contributed by atoms with Crippen molar-refractivity contribution < 1.29 is 18.7 Å². The molecule has 5 nitrogen and oxygen atoms in total. The highest BCUT2D eigenvalue weighted by Crippen LogP contribution is 2.45. The zero-order valence-corrected chi connectivity index (χ0v) is 20.9. The molecular formula is C26H33FN2O3S. The van der Waals surface area contributed by atoms with Crippen molar-refractivity contribution in [3.05, 3.63) is 51.7 Å². The number of amides is 2. The summed E-state index contributed by atoms with van der Waals surface area (Å²) in [5.41, 5.74) is 2.24. The Morgan fingerprint density at radius 3 is 2.36 bits per heavy atom. The number of carbonyl (C=O) groups is 2. The summed E-state index contributed by atoms with van der Waals surface area (Å²) in [6.45, 7) is 11.8. The predicted octanol–water partition coefficient (Wildman–Crippen LogP) is 5.54. The summed E-state index contributed by atoms with van der Waals surface area (Å²) in [5, 5.41) is 3.58. The summed E-state index contributed by atoms with van der Waals surface area (Å²) in [5.74, 6) is -0.245. The van der Waals surface area contributed by atoms with E-state index in [4.69, 9.17) is 4.74 Å². The van der Waals surface area contributed by atoms with Crippen molar-refractivity contribution in [3.63, 3.8) is 0 Å². The zero-order chi connectivity index (χ0) is 23.9. The van der Waals surface area contributed by atoms with E-state index >= 15 is 0 Å². The number of nitrogens with one attached hydrogen (secondary N) is 1. The molecule has 1 saturated heterocycles. The average molecular weight is 473 g/mol. The molecule has 0 radical (unpaired) electrons. The van der Waals surface area contributed by atoms with Crippen molar-refractivity contribution in [1.29, 1.82) is 0 Å². The molecule has 4 rings (SSSR count). The van der Waals surface area contributed by atoms with Crippen molar-refractivity contribution in [2.24, 2.45) is 11.3 Å². The summed E-state index contributed by atoms with van der Waals surface area (Å²) in [6.07, 6.45) is 2.70. The number of benzene rings is 1. The summed E-state index contributed by atoms with van der Waals surface area (Å²) in [6, 6.07) is 5.46. The first-order valence-corrected chi connectivity index (χ1v) is 12.5. The quantitative estimate of drug-likeness (QED) is 0.638. The molecule has 1 fully saturated rings. The van der Waals surface area contributed by atoms with Crippen molar-refractivity contribution in [2.45, 2.75) is 66.1 Å². The van der Waals surface area contributed by atoms with Gasteiger partial charge in [0.2, 0.25) is 0 Å². The fourth-order valence-corrected chi connectivity index (χ4v) is 6.23. The van der Waals surface area contributed by atoms with Gasteiger partial charge >= 0.3 is 0 Å². The van der Waals surface area contributed by atoms with Crippen LogP contribution in [0.15, 0.2) is 24.3 Å². The summed E-state index contributed by atoms with van der Waals surface area (Å²) < 4.78 is 19.1. The molecule has 2 amide bonds. The Morgan fingerprint density at radius 2 is 1.76 bits per heavy atom. The Labute approximate surface area is 199 Å². The molecule has 7 heteroatoms. The molecule has 33 heavy (non-hydrogen) atoms. The van der Waals surface area contributed by atoms with Gasteiger partial charge in [0.1, 0.15) is 10.8 Å². The van der Waals surface area contributed by atoms with Gasteiger partial charge in [0.15, 0.2) is 0 Å². The standard InChI is InChI=1S/C26H33FN2O3S/c1-15-13-29(14-16(2)32-15)25(31)22-20-11-8-18(26(3,4)5)12-21(20)33-24(22)28-23(30)17-6-9-19(27)10-7-17/h6-7,9-10,15-16,18H,8,11-14H2,1-5H3,(H,28,30)/t15-,16-,18+/m1/s1. The fourth-order valence-electron chi connectivity index (χ4n) is 4.92. The number of ether oxygens (including phenoxy) is 1. The second kappa shape index (κ2) is 9.18. The molecule has 1 aromatic heterocycles. The second-order valence-electron chi connectivity index (χ2n) is 10.4. The van der Waals surface area contributed by atoms with Crippen LogP contribution in [0.5, 0.6) is 0 Å². The molecule has 0 bridgehead atoms. The Kier molecular flexibility index (Phi) is 6.65. The molecule has 0 saturated carbocycles. The van der Waals surface area contributed by atoms with E-state index in [1.54, 1.807) is 0 Å². The maximum Gasteiger partial charge on any atom is 0.257 e. The van der Waals surface area contributed by atoms with Crippen LogP contribution >= 0.6 is 11.3 Å². The van der Waals surface area contributed by atoms with E-state index in [2.05, 4.69) is 26.1 Å². The van der Waals surface area contributed by atoms with E-state index in [0.29, 0.717) is 35.1 Å². The van der Waals surface area contributed by atoms with Crippen LogP contribution in [0, 0.1) is 17.2 Å². The Balaban J connectivity index is 1.69. The highest BCUT2D eigenvalue weighted by atomic mass is 32.1. The Bertz CT molecular complexity index is 1030. The van der Waals surface area contributed by atoms with Gasteiger partial charge in [-0.1, -0.05) is 20.8 Å². The van der Waals surface area contributed by atoms with Gasteiger partial charge in [0.25, 0.3) is 11.8 Å². The SMILES string of the molecule is C[C@@H]1CN(C(=O)c2c(NC(=O)c3ccc(F)cc3)sc3c2CC[C@H](C(C)(C)C)C3)C[C@@H](C)O1. The van der Waals surface area contributed by atoms with Crippen molar-refractivity contribution in [1.82, 2.24) is 4.90 Å². The summed E-state index contributed by atoms with van der Waals surface area (Å²) in [4.78, 5) is 29.7. The van der Waals surface area contributed by atoms with E-state index < -0.39 is 5.82 Å². The number of fused-ring (bicyclic) bond motifs is 1. The molecule has 1 N–H and O–H groups in total. The average Bonchev–Trinajstić information content (AvgIpc) is 3.09. The third-order valence-electron chi connectivity index (χ3n) is 6.74. The lowest BCUT2D eigenvalue weighted by molar-refractivity contribution is -0.0586. The maximum atomic E-state index is 13.8. The third-order valence-corrected chi connectivity index (χ3v) is 7.91. The number of nitrogens with zero attached hydrogens (tertiary/aromatic N) is 1. The topological polar surface area (TPSA) is 58.6 Å². The first kappa shape index (κ1) is 23.9. The van der Waals surface area contributed by atoms with Crippen LogP contribution in [0.1, 0.15) is 72.2 Å². The van der Waals surface area contributed by atoms with E-state index in [0.717, 1.165) is 24.8 Å². The van der Waals surface area contributed by atoms with E-state index in [-0.39, 0.29) is 29.4 Å². The normalized spacial score (nSPS) is 23.2. The molecule has 2 heterocycles. The molecular weight excluding hydrogens is 439 g/mol. The number of carbonyl (C=O) groups excluding carboxylic acids is 2. The van der Waals surface area contributed by atoms with Gasteiger partial charge in [0, 0.05) is 23.5 Å². The fraction of sp³-hybridized carbons (Fsp3) is 0.538. The number of hydrogen-bond donors (Lipinski definition) is 1. The van der Waals surface area contributed by atoms with Crippen LogP contribution in [-0.4, -0.2) is 42.0 Å². The van der Waals surface area contributed by atoms with Crippen LogP contribution in [0.3, 0.4) is 0 Å². The van der Waals surface area contributed by atoms with Crippen molar-refractivity contribution >= 4 is 28.2 Å². The van der Waals surface area contributed by atoms with Gasteiger partial charge in [-0.05, 0) is 74.3 Å². The van der Waals surface area contributed by atoms with Crippen molar-refractivity contribution in [2.75, 3.05) is 18.4 Å². The number of morpholine rings is 1. The minimum atomic E-state index is -0.391. The summed E-state index contributed by atoms with van der Waals surface area (Å²) >= 11 is 1.52. The minimum Gasteiger partial charge on any atom is -0.372 e. The smallest absolute Gasteiger partial charge is 0.257 e. The van der Waals surface area contributed by atoms with Gasteiger partial charge in [-0.2, -0.15) is 0 Å². The highest BCUT2D eigenvalue weighted by molar-refractivity contribution is 7.17. The van der Waals surface area contributed by atoms with Crippen LogP contribution in [0.2, 0.25) is 0 Å². The lowest BCUT2D eigenvalue weighted by atomic mass is 9.72. The number of rotatable bonds is 3. The first-order valence-electron chi connectivity index (χ1n) is 11.7. The molecule has 0 spiro atoms. The Morgan fingerprint density at radius 1 is 1.12 bits per heavy atom. The van der Waals surface area contributed by atoms with Gasteiger partial charge in [-0.25, -0.2) is 4.39 Å². The van der Waals surface area contributed by atoms with Crippen LogP contribution in [0.25, 0.3) is 0 Å². The number of thiophene rings is 1. The van der Waals surface area contributed by atoms with Crippen LogP contribution < -0.4 is 5.32 Å². The largest absolute Gasteiger partial charge is 0.372 e. The third kappa shape index (κ3) is 5.14. The predicted molar refractivity (Wildman–Crippen MR) is 130 cm³/mol. The molecule has 1 aliphatic carbocycles. The van der Waals surface area contributed by atoms with Gasteiger partial charge in [0.05, 0.1) is 17.8 Å². The molecule has 1 aliphatic heterocycles. The van der Waals surface area contributed by atoms with Crippen molar-refractivity contribution in [3.8, 4) is 0 Å². The lowest BCUT2D eigenvalue weighted by Crippen LogP contribution is -2.48. The lowest BCUT2D eigenvalue weighted by Gasteiger charge is -2.36. The van der Waals surface area contributed by atoms with E-state index in [1.165, 1.54) is 40.5 Å². The molecule has 2 aromatic rings. The van der Waals surface area contributed by atoms with Crippen LogP contribution in [0.4, 0.5) is 9.39 Å². The number of anilines is 1. The van der Waals surface area contributed by atoms with E-state index in [1.807, 2.05) is 18.7 Å². The molecule has 178 valence electrons. The Hall–Kier alpha value is -2.25. The summed E-state index contributed by atoms with van der Waals surface area (Å²) in [7, 11) is 0. The number of halogens is 1. The molecule has 1 aromatic carbocycles. The van der Waals surface area contributed by atoms with Gasteiger partial charge in [-0.15, -0.1) is 11.3 Å². The van der Waals surface area contributed by atoms with Crippen LogP contribution in [-0.2, 0) is 17.6 Å². The monoisotopic (exact) mass is 472 g/mol. The first-order chi connectivity index (χ1) is 15.5. The maximum absolute atomic E-state index is 13.8. The molecule has 0 unspecified atom stereocenters. The second-order valence-corrected chi connectivity index (χ2v) is 11.5. The number of hydrogen-bond acceptors (Lipinski definition) is 4.